The van der Waals surface area contributed by atoms with Gasteiger partial charge in [0.15, 0.2) is 0 Å². The Kier molecular flexibility index (Phi) is 5.66. The Morgan fingerprint density at radius 1 is 1.06 bits per heavy atom. The first kappa shape index (κ1) is 20.9. The molecule has 2 N–H and O–H groups in total. The monoisotopic (exact) mass is 441 g/mol. The summed E-state index contributed by atoms with van der Waals surface area (Å²) in [5, 5.41) is 7.18. The lowest BCUT2D eigenvalue weighted by Gasteiger charge is -2.06. The third kappa shape index (κ3) is 4.86. The topological polar surface area (TPSA) is 114 Å². The van der Waals surface area contributed by atoms with Crippen LogP contribution in [0.2, 0.25) is 0 Å². The van der Waals surface area contributed by atoms with Crippen LogP contribution in [-0.2, 0) is 20.7 Å². The fourth-order valence-corrected chi connectivity index (χ4v) is 3.57. The number of nitrogens with zero attached hydrogens (tertiary/aromatic N) is 3. The number of rotatable bonds is 7. The summed E-state index contributed by atoms with van der Waals surface area (Å²) in [6, 6.07) is 10.4. The normalized spacial score (nSPS) is 11.7. The lowest BCUT2D eigenvalue weighted by atomic mass is 10.0. The number of aromatic amines is 2. The third-order valence-electron chi connectivity index (χ3n) is 4.59. The lowest BCUT2D eigenvalue weighted by Crippen LogP contribution is -2.06. The quantitative estimate of drug-likeness (QED) is 0.425. The summed E-state index contributed by atoms with van der Waals surface area (Å²) < 4.78 is 41.5. The molecular weight excluding hydrogens is 421 g/mol. The molecule has 0 spiro atoms. The van der Waals surface area contributed by atoms with Gasteiger partial charge < -0.3 is 4.98 Å². The van der Waals surface area contributed by atoms with Gasteiger partial charge >= 0.3 is 0 Å². The highest BCUT2D eigenvalue weighted by atomic mass is 32.2. The van der Waals surface area contributed by atoms with Gasteiger partial charge in [-0.15, -0.1) is 0 Å². The predicted octanol–water partition coefficient (Wildman–Crippen LogP) is 3.50. The molecule has 0 radical (unpaired) electrons. The zero-order chi connectivity index (χ0) is 22.0. The van der Waals surface area contributed by atoms with Crippen LogP contribution in [0.3, 0.4) is 0 Å². The number of halogens is 1. The Balaban J connectivity index is 1.63. The van der Waals surface area contributed by atoms with Crippen molar-refractivity contribution in [3.63, 3.8) is 0 Å². The molecule has 0 aliphatic rings. The summed E-state index contributed by atoms with van der Waals surface area (Å²) in [6.45, 7) is 1.86. The van der Waals surface area contributed by atoms with Crippen LogP contribution in [-0.4, -0.2) is 46.4 Å². The van der Waals surface area contributed by atoms with Crippen molar-refractivity contribution in [2.24, 2.45) is 0 Å². The van der Waals surface area contributed by atoms with E-state index in [1.807, 2.05) is 25.1 Å². The summed E-state index contributed by atoms with van der Waals surface area (Å²) in [6.07, 6.45) is 4.56. The molecule has 3 heterocycles. The maximum atomic E-state index is 14.6. The Morgan fingerprint density at radius 2 is 1.90 bits per heavy atom. The molecule has 0 amide bonds. The molecule has 1 aromatic carbocycles. The van der Waals surface area contributed by atoms with E-state index < -0.39 is 15.9 Å². The minimum absolute atomic E-state index is 0.0455. The SMILES string of the molecule is Cc1cccc(-c2n[nH]cc2-c2ccc(F)c(-c3c[nH]c(CCOS(C)(=O)=O)n3)c2)n1. The van der Waals surface area contributed by atoms with Crippen molar-refractivity contribution in [2.75, 3.05) is 12.9 Å². The molecule has 0 bridgehead atoms. The standard InChI is InChI=1S/C21H20FN5O3S/c1-13-4-3-5-18(25-13)21-16(11-24-27-21)14-6-7-17(22)15(10-14)19-12-23-20(26-19)8-9-30-31(2,28)29/h3-7,10-12H,8-9H2,1-2H3,(H,23,26)(H,24,27). The van der Waals surface area contributed by atoms with Crippen LogP contribution in [0.1, 0.15) is 11.5 Å². The van der Waals surface area contributed by atoms with Crippen molar-refractivity contribution in [1.82, 2.24) is 25.1 Å². The first-order chi connectivity index (χ1) is 14.8. The highest BCUT2D eigenvalue weighted by molar-refractivity contribution is 7.85. The number of hydrogen-bond acceptors (Lipinski definition) is 6. The molecule has 10 heteroatoms. The van der Waals surface area contributed by atoms with Gasteiger partial charge in [0.1, 0.15) is 17.3 Å². The average molecular weight is 441 g/mol. The van der Waals surface area contributed by atoms with E-state index in [-0.39, 0.29) is 13.0 Å². The van der Waals surface area contributed by atoms with Gasteiger partial charge in [-0.05, 0) is 36.8 Å². The van der Waals surface area contributed by atoms with Crippen LogP contribution in [0.15, 0.2) is 48.8 Å². The zero-order valence-corrected chi connectivity index (χ0v) is 17.7. The molecule has 0 unspecified atom stereocenters. The summed E-state index contributed by atoms with van der Waals surface area (Å²) in [5.74, 6) is 0.0734. The fourth-order valence-electron chi connectivity index (χ4n) is 3.19. The van der Waals surface area contributed by atoms with Crippen molar-refractivity contribution < 1.29 is 17.0 Å². The molecule has 0 saturated heterocycles. The first-order valence-corrected chi connectivity index (χ1v) is 11.3. The van der Waals surface area contributed by atoms with Crippen LogP contribution >= 0.6 is 0 Å². The van der Waals surface area contributed by atoms with E-state index in [9.17, 15) is 12.8 Å². The van der Waals surface area contributed by atoms with Crippen molar-refractivity contribution in [3.8, 4) is 33.8 Å². The predicted molar refractivity (Wildman–Crippen MR) is 114 cm³/mol. The Hall–Kier alpha value is -3.37. The second kappa shape index (κ2) is 8.40. The molecule has 0 atom stereocenters. The second-order valence-electron chi connectivity index (χ2n) is 7.01. The minimum atomic E-state index is -3.52. The van der Waals surface area contributed by atoms with Crippen LogP contribution in [0.5, 0.6) is 0 Å². The van der Waals surface area contributed by atoms with Crippen LogP contribution in [0.25, 0.3) is 33.8 Å². The highest BCUT2D eigenvalue weighted by Crippen LogP contribution is 2.33. The zero-order valence-electron chi connectivity index (χ0n) is 16.9. The summed E-state index contributed by atoms with van der Waals surface area (Å²) in [4.78, 5) is 11.8. The highest BCUT2D eigenvalue weighted by Gasteiger charge is 2.16. The van der Waals surface area contributed by atoms with Gasteiger partial charge in [-0.3, -0.25) is 14.3 Å². The molecule has 0 saturated carbocycles. The number of pyridine rings is 1. The fraction of sp³-hybridized carbons (Fsp3) is 0.190. The van der Waals surface area contributed by atoms with E-state index in [0.717, 1.165) is 28.8 Å². The van der Waals surface area contributed by atoms with Gasteiger partial charge in [-0.2, -0.15) is 13.5 Å². The Labute approximate surface area is 178 Å². The number of aryl methyl sites for hydroxylation is 1. The second-order valence-corrected chi connectivity index (χ2v) is 8.66. The van der Waals surface area contributed by atoms with Gasteiger partial charge in [0.05, 0.1) is 24.3 Å². The van der Waals surface area contributed by atoms with Gasteiger partial charge in [0, 0.05) is 35.6 Å². The maximum absolute atomic E-state index is 14.6. The van der Waals surface area contributed by atoms with E-state index in [0.29, 0.717) is 22.8 Å². The van der Waals surface area contributed by atoms with Crippen LogP contribution in [0.4, 0.5) is 4.39 Å². The van der Waals surface area contributed by atoms with Gasteiger partial charge in [-0.1, -0.05) is 12.1 Å². The maximum Gasteiger partial charge on any atom is 0.264 e. The molecule has 0 aliphatic carbocycles. The number of hydrogen-bond donors (Lipinski definition) is 2. The molecule has 3 aromatic heterocycles. The summed E-state index contributed by atoms with van der Waals surface area (Å²) >= 11 is 0. The molecule has 0 aliphatic heterocycles. The third-order valence-corrected chi connectivity index (χ3v) is 5.19. The lowest BCUT2D eigenvalue weighted by molar-refractivity contribution is 0.323. The van der Waals surface area contributed by atoms with Crippen molar-refractivity contribution in [2.45, 2.75) is 13.3 Å². The molecule has 160 valence electrons. The van der Waals surface area contributed by atoms with Crippen molar-refractivity contribution >= 4 is 10.1 Å². The molecule has 31 heavy (non-hydrogen) atoms. The first-order valence-electron chi connectivity index (χ1n) is 9.47. The van der Waals surface area contributed by atoms with Crippen molar-refractivity contribution in [1.29, 1.82) is 0 Å². The van der Waals surface area contributed by atoms with Gasteiger partial charge in [0.2, 0.25) is 0 Å². The Bertz CT molecular complexity index is 1330. The summed E-state index contributed by atoms with van der Waals surface area (Å²) in [7, 11) is -3.52. The number of aromatic nitrogens is 5. The van der Waals surface area contributed by atoms with E-state index in [2.05, 4.69) is 25.1 Å². The van der Waals surface area contributed by atoms with Crippen LogP contribution < -0.4 is 0 Å². The number of imidazole rings is 1. The van der Waals surface area contributed by atoms with Crippen molar-refractivity contribution in [3.05, 3.63) is 66.1 Å². The number of benzene rings is 1. The summed E-state index contributed by atoms with van der Waals surface area (Å²) in [5.41, 5.74) is 4.53. The van der Waals surface area contributed by atoms with Gasteiger partial charge in [-0.25, -0.2) is 9.37 Å². The number of nitrogens with one attached hydrogen (secondary N) is 2. The Morgan fingerprint density at radius 3 is 2.68 bits per heavy atom. The van der Waals surface area contributed by atoms with E-state index >= 15 is 0 Å². The molecular formula is C21H20FN5O3S. The van der Waals surface area contributed by atoms with E-state index in [1.54, 1.807) is 24.5 Å². The molecule has 8 nitrogen and oxygen atoms in total. The van der Waals surface area contributed by atoms with E-state index in [4.69, 9.17) is 4.18 Å². The van der Waals surface area contributed by atoms with E-state index in [1.165, 1.54) is 6.07 Å². The minimum Gasteiger partial charge on any atom is -0.348 e. The molecule has 0 fully saturated rings. The largest absolute Gasteiger partial charge is 0.348 e. The van der Waals surface area contributed by atoms with Gasteiger partial charge in [0.25, 0.3) is 10.1 Å². The average Bonchev–Trinajstić information content (AvgIpc) is 3.37. The molecule has 4 rings (SSSR count). The smallest absolute Gasteiger partial charge is 0.264 e. The van der Waals surface area contributed by atoms with Crippen LogP contribution in [0, 0.1) is 12.7 Å². The number of H-pyrrole nitrogens is 2. The molecule has 4 aromatic rings.